The van der Waals surface area contributed by atoms with Gasteiger partial charge < -0.3 is 10.2 Å². The number of hydrogen-bond donors (Lipinski definition) is 2. The number of likely N-dealkylation sites (tertiary alicyclic amines) is 1. The molecule has 2 aromatic heterocycles. The van der Waals surface area contributed by atoms with Gasteiger partial charge in [-0.05, 0) is 18.9 Å². The van der Waals surface area contributed by atoms with Crippen molar-refractivity contribution in [2.45, 2.75) is 18.5 Å². The van der Waals surface area contributed by atoms with Gasteiger partial charge in [0.25, 0.3) is 5.91 Å². The van der Waals surface area contributed by atoms with Crippen LogP contribution in [0.5, 0.6) is 0 Å². The van der Waals surface area contributed by atoms with Crippen LogP contribution >= 0.6 is 0 Å². The van der Waals surface area contributed by atoms with Gasteiger partial charge in [-0.2, -0.15) is 10.4 Å². The molecule has 1 amide bonds. The highest BCUT2D eigenvalue weighted by molar-refractivity contribution is 5.97. The third-order valence-electron chi connectivity index (χ3n) is 4.65. The van der Waals surface area contributed by atoms with Crippen LogP contribution in [0.25, 0.3) is 22.2 Å². The molecule has 0 spiro atoms. The van der Waals surface area contributed by atoms with Crippen LogP contribution in [0.15, 0.2) is 36.8 Å². The molecule has 0 saturated carbocycles. The minimum atomic E-state index is -2.11. The number of alkyl halides is 1. The number of nitriles is 1. The van der Waals surface area contributed by atoms with Gasteiger partial charge in [-0.15, -0.1) is 0 Å². The number of carbonyl (C=O) groups is 1. The topological polar surface area (TPSA) is 111 Å². The van der Waals surface area contributed by atoms with Crippen molar-refractivity contribution < 1.29 is 9.18 Å². The molecule has 1 unspecified atom stereocenters. The van der Waals surface area contributed by atoms with Crippen molar-refractivity contribution in [1.29, 1.82) is 5.26 Å². The molecule has 1 atom stereocenters. The van der Waals surface area contributed by atoms with Gasteiger partial charge in [-0.1, -0.05) is 12.1 Å². The van der Waals surface area contributed by atoms with E-state index < -0.39 is 11.6 Å². The molecule has 9 heteroatoms. The zero-order chi connectivity index (χ0) is 18.9. The van der Waals surface area contributed by atoms with E-state index in [2.05, 4.69) is 25.5 Å². The number of hydrogen-bond acceptors (Lipinski definition) is 6. The van der Waals surface area contributed by atoms with Crippen LogP contribution in [0.4, 0.5) is 10.2 Å². The smallest absolute Gasteiger partial charge is 0.265 e. The normalized spacial score (nSPS) is 19.6. The van der Waals surface area contributed by atoms with Crippen LogP contribution < -0.4 is 5.32 Å². The molecule has 136 valence electrons. The lowest BCUT2D eigenvalue weighted by Crippen LogP contribution is -2.51. The number of amides is 1. The Labute approximate surface area is 154 Å². The average Bonchev–Trinajstić information content (AvgIpc) is 3.17. The maximum Gasteiger partial charge on any atom is 0.265 e. The molecule has 3 heterocycles. The average molecular weight is 365 g/mol. The molecule has 0 radical (unpaired) electrons. The molecule has 1 saturated heterocycles. The van der Waals surface area contributed by atoms with E-state index in [4.69, 9.17) is 5.26 Å². The first kappa shape index (κ1) is 16.9. The Morgan fingerprint density at radius 2 is 2.22 bits per heavy atom. The number of carbonyl (C=O) groups excluding carboxylic acids is 1. The molecular formula is C18H16FN7O. The number of fused-ring (bicyclic) bond motifs is 1. The van der Waals surface area contributed by atoms with Gasteiger partial charge in [0, 0.05) is 17.5 Å². The van der Waals surface area contributed by atoms with E-state index in [1.165, 1.54) is 17.3 Å². The van der Waals surface area contributed by atoms with Gasteiger partial charge in [0.15, 0.2) is 12.0 Å². The standard InChI is InChI=1S/C18H16FN7O/c19-18(5-2-6-26(10-18)11-20)17(27)24-16-9-21-15(8-22-16)12-3-1-4-14-13(12)7-23-25-14/h1,3-4,7-9H,2,5-6,10H2,(H,23,25)(H,22,24,27). The maximum atomic E-state index is 14.9. The Balaban J connectivity index is 1.52. The summed E-state index contributed by atoms with van der Waals surface area (Å²) >= 11 is 0. The number of nitrogens with one attached hydrogen (secondary N) is 2. The van der Waals surface area contributed by atoms with E-state index >= 15 is 0 Å². The highest BCUT2D eigenvalue weighted by Crippen LogP contribution is 2.28. The molecule has 1 aliphatic heterocycles. The second-order valence-corrected chi connectivity index (χ2v) is 6.47. The van der Waals surface area contributed by atoms with Gasteiger partial charge in [-0.25, -0.2) is 9.37 Å². The van der Waals surface area contributed by atoms with Crippen molar-refractivity contribution in [3.05, 3.63) is 36.8 Å². The molecular weight excluding hydrogens is 349 g/mol. The molecule has 4 rings (SSSR count). The van der Waals surface area contributed by atoms with E-state index in [0.717, 1.165) is 16.5 Å². The quantitative estimate of drug-likeness (QED) is 0.689. The third-order valence-corrected chi connectivity index (χ3v) is 4.65. The summed E-state index contributed by atoms with van der Waals surface area (Å²) in [5, 5.41) is 19.2. The summed E-state index contributed by atoms with van der Waals surface area (Å²) in [5.74, 6) is -0.643. The van der Waals surface area contributed by atoms with Crippen LogP contribution in [-0.4, -0.2) is 49.7 Å². The van der Waals surface area contributed by atoms with Crippen LogP contribution in [0, 0.1) is 11.5 Å². The molecule has 27 heavy (non-hydrogen) atoms. The number of halogens is 1. The van der Waals surface area contributed by atoms with Crippen molar-refractivity contribution in [3.8, 4) is 17.5 Å². The van der Waals surface area contributed by atoms with Gasteiger partial charge in [0.1, 0.15) is 0 Å². The first-order valence-corrected chi connectivity index (χ1v) is 8.49. The molecule has 0 bridgehead atoms. The molecule has 2 N–H and O–H groups in total. The van der Waals surface area contributed by atoms with Crippen molar-refractivity contribution >= 4 is 22.6 Å². The van der Waals surface area contributed by atoms with Gasteiger partial charge in [0.05, 0.1) is 36.3 Å². The maximum absolute atomic E-state index is 14.9. The number of aromatic nitrogens is 4. The molecule has 1 fully saturated rings. The number of piperidine rings is 1. The highest BCUT2D eigenvalue weighted by Gasteiger charge is 2.42. The zero-order valence-electron chi connectivity index (χ0n) is 14.3. The lowest BCUT2D eigenvalue weighted by Gasteiger charge is -2.32. The lowest BCUT2D eigenvalue weighted by atomic mass is 9.94. The van der Waals surface area contributed by atoms with E-state index in [1.54, 1.807) is 6.20 Å². The minimum absolute atomic E-state index is 0.0744. The Morgan fingerprint density at radius 1 is 1.33 bits per heavy atom. The van der Waals surface area contributed by atoms with Crippen LogP contribution in [0.3, 0.4) is 0 Å². The lowest BCUT2D eigenvalue weighted by molar-refractivity contribution is -0.130. The van der Waals surface area contributed by atoms with Gasteiger partial charge >= 0.3 is 0 Å². The van der Waals surface area contributed by atoms with Gasteiger partial charge in [-0.3, -0.25) is 14.9 Å². The van der Waals surface area contributed by atoms with E-state index in [0.29, 0.717) is 18.7 Å². The first-order chi connectivity index (χ1) is 13.1. The van der Waals surface area contributed by atoms with E-state index in [9.17, 15) is 9.18 Å². The fourth-order valence-electron chi connectivity index (χ4n) is 3.23. The van der Waals surface area contributed by atoms with Crippen molar-refractivity contribution in [2.75, 3.05) is 18.4 Å². The fraction of sp³-hybridized carbons (Fsp3) is 0.278. The van der Waals surface area contributed by atoms with Crippen molar-refractivity contribution in [2.24, 2.45) is 0 Å². The molecule has 0 aliphatic carbocycles. The zero-order valence-corrected chi connectivity index (χ0v) is 14.3. The summed E-state index contributed by atoms with van der Waals surface area (Å²) in [6.07, 6.45) is 7.02. The molecule has 1 aliphatic rings. The number of rotatable bonds is 3. The minimum Gasteiger partial charge on any atom is -0.307 e. The predicted octanol–water partition coefficient (Wildman–Crippen LogP) is 2.24. The second kappa shape index (κ2) is 6.64. The molecule has 8 nitrogen and oxygen atoms in total. The van der Waals surface area contributed by atoms with Crippen LogP contribution in [-0.2, 0) is 4.79 Å². The summed E-state index contributed by atoms with van der Waals surface area (Å²) in [6, 6.07) is 5.68. The number of nitrogens with zero attached hydrogens (tertiary/aromatic N) is 5. The Morgan fingerprint density at radius 3 is 3.00 bits per heavy atom. The predicted molar refractivity (Wildman–Crippen MR) is 96.0 cm³/mol. The van der Waals surface area contributed by atoms with Crippen LogP contribution in [0.2, 0.25) is 0 Å². The summed E-state index contributed by atoms with van der Waals surface area (Å²) in [7, 11) is 0. The number of benzene rings is 1. The molecule has 1 aromatic carbocycles. The van der Waals surface area contributed by atoms with E-state index in [-0.39, 0.29) is 18.8 Å². The monoisotopic (exact) mass is 365 g/mol. The van der Waals surface area contributed by atoms with Gasteiger partial charge in [0.2, 0.25) is 5.67 Å². The fourth-order valence-corrected chi connectivity index (χ4v) is 3.23. The number of aromatic amines is 1. The highest BCUT2D eigenvalue weighted by atomic mass is 19.1. The van der Waals surface area contributed by atoms with E-state index in [1.807, 2.05) is 24.4 Å². The number of H-pyrrole nitrogens is 1. The first-order valence-electron chi connectivity index (χ1n) is 8.49. The Hall–Kier alpha value is -3.54. The SMILES string of the molecule is N#CN1CCCC(F)(C(=O)Nc2cnc(-c3cccc4[nH]ncc34)cn2)C1. The van der Waals surface area contributed by atoms with Crippen molar-refractivity contribution in [1.82, 2.24) is 25.1 Å². The summed E-state index contributed by atoms with van der Waals surface area (Å²) < 4.78 is 14.9. The Bertz CT molecular complexity index is 1030. The second-order valence-electron chi connectivity index (χ2n) is 6.47. The van der Waals surface area contributed by atoms with Crippen molar-refractivity contribution in [3.63, 3.8) is 0 Å². The molecule has 3 aromatic rings. The number of anilines is 1. The largest absolute Gasteiger partial charge is 0.307 e. The summed E-state index contributed by atoms with van der Waals surface area (Å²) in [5.41, 5.74) is 0.232. The summed E-state index contributed by atoms with van der Waals surface area (Å²) in [6.45, 7) is 0.215. The Kier molecular flexibility index (Phi) is 4.16. The van der Waals surface area contributed by atoms with Crippen LogP contribution in [0.1, 0.15) is 12.8 Å². The third kappa shape index (κ3) is 3.17. The summed E-state index contributed by atoms with van der Waals surface area (Å²) in [4.78, 5) is 22.1.